The molecule has 0 bridgehead atoms. The molecule has 1 aromatic heterocycles. The maximum Gasteiger partial charge on any atom is 0.309 e. The fraction of sp³-hybridized carbons (Fsp3) is 0.400. The Hall–Kier alpha value is -2.43. The molecule has 3 rings (SSSR count). The maximum absolute atomic E-state index is 12.5. The third kappa shape index (κ3) is 5.38. The van der Waals surface area contributed by atoms with Crippen LogP contribution in [0.3, 0.4) is 0 Å². The Bertz CT molecular complexity index is 967. The molecule has 1 amide bonds. The van der Waals surface area contributed by atoms with Gasteiger partial charge in [-0.05, 0) is 30.4 Å². The molecule has 30 heavy (non-hydrogen) atoms. The predicted octanol–water partition coefficient (Wildman–Crippen LogP) is 2.02. The molecule has 1 saturated heterocycles. The van der Waals surface area contributed by atoms with Crippen LogP contribution in [0.1, 0.15) is 18.4 Å². The van der Waals surface area contributed by atoms with E-state index < -0.39 is 27.8 Å². The van der Waals surface area contributed by atoms with E-state index in [-0.39, 0.29) is 26.2 Å². The van der Waals surface area contributed by atoms with Gasteiger partial charge in [0.25, 0.3) is 15.9 Å². The summed E-state index contributed by atoms with van der Waals surface area (Å²) >= 11 is 1.17. The number of esters is 1. The summed E-state index contributed by atoms with van der Waals surface area (Å²) in [6.07, 6.45) is 0.735. The lowest BCUT2D eigenvalue weighted by Gasteiger charge is -2.29. The second kappa shape index (κ2) is 10.1. The molecule has 0 spiro atoms. The summed E-state index contributed by atoms with van der Waals surface area (Å²) in [4.78, 5) is 24.3. The molecule has 1 aliphatic rings. The quantitative estimate of drug-likeness (QED) is 0.615. The number of carbonyl (C=O) groups excluding carboxylic acids is 2. The van der Waals surface area contributed by atoms with Gasteiger partial charge in [-0.3, -0.25) is 9.59 Å². The maximum atomic E-state index is 12.5. The Labute approximate surface area is 179 Å². The van der Waals surface area contributed by atoms with Crippen LogP contribution in [0.4, 0.5) is 0 Å². The number of amides is 1. The summed E-state index contributed by atoms with van der Waals surface area (Å²) in [6.45, 7) is 0.390. The number of ether oxygens (including phenoxy) is 2. The molecule has 1 fully saturated rings. The number of carbonyl (C=O) groups is 2. The van der Waals surface area contributed by atoms with Crippen molar-refractivity contribution >= 4 is 33.2 Å². The van der Waals surface area contributed by atoms with Crippen molar-refractivity contribution in [3.63, 3.8) is 0 Å². The summed E-state index contributed by atoms with van der Waals surface area (Å²) in [5.41, 5.74) is 0.819. The minimum absolute atomic E-state index is 0.250. The van der Waals surface area contributed by atoms with E-state index in [0.29, 0.717) is 22.8 Å². The molecule has 8 nitrogen and oxygen atoms in total. The lowest BCUT2D eigenvalue weighted by atomic mass is 9.98. The van der Waals surface area contributed by atoms with Crippen LogP contribution < -0.4 is 10.1 Å². The van der Waals surface area contributed by atoms with Crippen LogP contribution in [0.25, 0.3) is 0 Å². The molecule has 0 saturated carbocycles. The van der Waals surface area contributed by atoms with Crippen molar-refractivity contribution < 1.29 is 27.5 Å². The number of methoxy groups -OCH3 is 1. The van der Waals surface area contributed by atoms with E-state index in [9.17, 15) is 18.0 Å². The number of hydrogen-bond donors (Lipinski definition) is 1. The summed E-state index contributed by atoms with van der Waals surface area (Å²) in [5.74, 6) is -0.636. The summed E-state index contributed by atoms with van der Waals surface area (Å²) in [5, 5.41) is 4.41. The fourth-order valence-corrected chi connectivity index (χ4v) is 5.83. The van der Waals surface area contributed by atoms with Crippen molar-refractivity contribution in [2.24, 2.45) is 5.92 Å². The van der Waals surface area contributed by atoms with Crippen LogP contribution in [0.2, 0.25) is 0 Å². The SMILES string of the molecule is COc1ccccc1CNC(=O)COC(=O)C1CCN(S(=O)(=O)c2cccs2)CC1. The van der Waals surface area contributed by atoms with E-state index >= 15 is 0 Å². The molecule has 0 unspecified atom stereocenters. The number of hydrogen-bond acceptors (Lipinski definition) is 7. The molecule has 1 aliphatic heterocycles. The van der Waals surface area contributed by atoms with Gasteiger partial charge in [-0.15, -0.1) is 11.3 Å². The van der Waals surface area contributed by atoms with E-state index in [2.05, 4.69) is 5.32 Å². The van der Waals surface area contributed by atoms with E-state index in [1.54, 1.807) is 30.7 Å². The third-order valence-corrected chi connectivity index (χ3v) is 8.16. The minimum Gasteiger partial charge on any atom is -0.496 e. The molecule has 0 radical (unpaired) electrons. The largest absolute Gasteiger partial charge is 0.496 e. The number of benzene rings is 1. The van der Waals surface area contributed by atoms with Gasteiger partial charge < -0.3 is 14.8 Å². The molecule has 0 atom stereocenters. The second-order valence-electron chi connectivity index (χ2n) is 6.81. The average molecular weight is 453 g/mol. The van der Waals surface area contributed by atoms with Gasteiger partial charge in [-0.1, -0.05) is 24.3 Å². The lowest BCUT2D eigenvalue weighted by Crippen LogP contribution is -2.40. The van der Waals surface area contributed by atoms with Crippen molar-refractivity contribution in [2.75, 3.05) is 26.8 Å². The Morgan fingerprint density at radius 2 is 1.90 bits per heavy atom. The van der Waals surface area contributed by atoms with Gasteiger partial charge >= 0.3 is 5.97 Å². The number of nitrogens with one attached hydrogen (secondary N) is 1. The first-order chi connectivity index (χ1) is 14.4. The monoisotopic (exact) mass is 452 g/mol. The molecule has 2 heterocycles. The Balaban J connectivity index is 1.42. The number of thiophene rings is 1. The van der Waals surface area contributed by atoms with Gasteiger partial charge in [0.15, 0.2) is 6.61 Å². The highest BCUT2D eigenvalue weighted by molar-refractivity contribution is 7.91. The van der Waals surface area contributed by atoms with Gasteiger partial charge in [0.05, 0.1) is 13.0 Å². The van der Waals surface area contributed by atoms with Gasteiger partial charge in [0.1, 0.15) is 9.96 Å². The van der Waals surface area contributed by atoms with Crippen LogP contribution in [-0.2, 0) is 30.9 Å². The highest BCUT2D eigenvalue weighted by Crippen LogP contribution is 2.26. The number of para-hydroxylation sites is 1. The molecular formula is C20H24N2O6S2. The molecule has 1 aromatic carbocycles. The zero-order chi connectivity index (χ0) is 21.6. The molecule has 2 aromatic rings. The normalized spacial score (nSPS) is 15.5. The van der Waals surface area contributed by atoms with Crippen LogP contribution in [0, 0.1) is 5.92 Å². The summed E-state index contributed by atoms with van der Waals surface area (Å²) < 4.78 is 37.1. The van der Waals surface area contributed by atoms with E-state index in [1.807, 2.05) is 18.2 Å². The number of rotatable bonds is 8. The molecular weight excluding hydrogens is 428 g/mol. The topological polar surface area (TPSA) is 102 Å². The highest BCUT2D eigenvalue weighted by Gasteiger charge is 2.33. The zero-order valence-corrected chi connectivity index (χ0v) is 18.2. The molecule has 0 aliphatic carbocycles. The Morgan fingerprint density at radius 1 is 1.17 bits per heavy atom. The fourth-order valence-electron chi connectivity index (χ4n) is 3.22. The van der Waals surface area contributed by atoms with Crippen molar-refractivity contribution in [1.29, 1.82) is 0 Å². The second-order valence-corrected chi connectivity index (χ2v) is 9.92. The smallest absolute Gasteiger partial charge is 0.309 e. The standard InChI is InChI=1S/C20H24N2O6S2/c1-27-17-6-3-2-5-16(17)13-21-18(23)14-28-20(24)15-8-10-22(11-9-15)30(25,26)19-7-4-12-29-19/h2-7,12,15H,8-11,13-14H2,1H3,(H,21,23). The molecule has 162 valence electrons. The minimum atomic E-state index is -3.51. The number of sulfonamides is 1. The lowest BCUT2D eigenvalue weighted by molar-refractivity contribution is -0.153. The van der Waals surface area contributed by atoms with Gasteiger partial charge in [0.2, 0.25) is 0 Å². The zero-order valence-electron chi connectivity index (χ0n) is 16.6. The van der Waals surface area contributed by atoms with Crippen molar-refractivity contribution in [2.45, 2.75) is 23.6 Å². The van der Waals surface area contributed by atoms with Crippen molar-refractivity contribution in [3.05, 3.63) is 47.3 Å². The highest BCUT2D eigenvalue weighted by atomic mass is 32.2. The number of nitrogens with zero attached hydrogens (tertiary/aromatic N) is 1. The molecule has 1 N–H and O–H groups in total. The van der Waals surface area contributed by atoms with Crippen molar-refractivity contribution in [3.8, 4) is 5.75 Å². The Morgan fingerprint density at radius 3 is 2.57 bits per heavy atom. The first-order valence-corrected chi connectivity index (χ1v) is 11.8. The predicted molar refractivity (Wildman–Crippen MR) is 112 cm³/mol. The van der Waals surface area contributed by atoms with Crippen LogP contribution >= 0.6 is 11.3 Å². The first kappa shape index (κ1) is 22.3. The summed E-state index contributed by atoms with van der Waals surface area (Å²) in [6, 6.07) is 10.6. The average Bonchev–Trinajstić information content (AvgIpc) is 3.32. The summed E-state index contributed by atoms with van der Waals surface area (Å²) in [7, 11) is -1.95. The van der Waals surface area contributed by atoms with Gasteiger partial charge in [0, 0.05) is 25.2 Å². The number of piperidine rings is 1. The first-order valence-electron chi connectivity index (χ1n) is 9.50. The van der Waals surface area contributed by atoms with Crippen LogP contribution in [0.15, 0.2) is 46.0 Å². The van der Waals surface area contributed by atoms with Crippen molar-refractivity contribution in [1.82, 2.24) is 9.62 Å². The third-order valence-electron chi connectivity index (χ3n) is 4.89. The van der Waals surface area contributed by atoms with Crippen LogP contribution in [0.5, 0.6) is 5.75 Å². The molecule has 10 heteroatoms. The Kier molecular flexibility index (Phi) is 7.46. The van der Waals surface area contributed by atoms with Gasteiger partial charge in [-0.2, -0.15) is 4.31 Å². The van der Waals surface area contributed by atoms with E-state index in [4.69, 9.17) is 9.47 Å². The van der Waals surface area contributed by atoms with Gasteiger partial charge in [-0.25, -0.2) is 8.42 Å². The van der Waals surface area contributed by atoms with E-state index in [0.717, 1.165) is 5.56 Å². The van der Waals surface area contributed by atoms with E-state index in [1.165, 1.54) is 15.6 Å². The van der Waals surface area contributed by atoms with Crippen LogP contribution in [-0.4, -0.2) is 51.4 Å².